The van der Waals surface area contributed by atoms with Gasteiger partial charge in [-0.25, -0.2) is 0 Å². The molecule has 0 bridgehead atoms. The van der Waals surface area contributed by atoms with Crippen molar-refractivity contribution in [3.8, 4) is 0 Å². The van der Waals surface area contributed by atoms with E-state index in [1.165, 1.54) is 0 Å². The fraction of sp³-hybridized carbons (Fsp3) is 1.00. The summed E-state index contributed by atoms with van der Waals surface area (Å²) < 4.78 is 15.8. The maximum Gasteiger partial charge on any atom is 0.0933 e. The summed E-state index contributed by atoms with van der Waals surface area (Å²) in [7, 11) is 0. The average molecular weight is 173 g/mol. The topological polar surface area (TPSA) is 39.7 Å². The van der Waals surface area contributed by atoms with E-state index < -0.39 is 0 Å². The van der Waals surface area contributed by atoms with Crippen LogP contribution >= 0.6 is 0 Å². The second-order valence-electron chi connectivity index (χ2n) is 3.21. The van der Waals surface area contributed by atoms with E-state index in [-0.39, 0.29) is 6.10 Å². The minimum absolute atomic E-state index is 0.236. The highest BCUT2D eigenvalue weighted by Crippen LogP contribution is 2.02. The molecule has 2 aliphatic rings. The van der Waals surface area contributed by atoms with Gasteiger partial charge in [0.1, 0.15) is 0 Å². The minimum Gasteiger partial charge on any atom is -0.378 e. The Labute approximate surface area is 72.2 Å². The molecule has 4 nitrogen and oxygen atoms in total. The fourth-order valence-electron chi connectivity index (χ4n) is 1.31. The molecule has 4 heteroatoms. The lowest BCUT2D eigenvalue weighted by atomic mass is 10.2. The number of ether oxygens (including phenoxy) is 3. The van der Waals surface area contributed by atoms with Gasteiger partial charge in [-0.2, -0.15) is 0 Å². The summed E-state index contributed by atoms with van der Waals surface area (Å²) in [5.74, 6) is 0. The van der Waals surface area contributed by atoms with Gasteiger partial charge in [-0.1, -0.05) is 0 Å². The zero-order valence-electron chi connectivity index (χ0n) is 7.12. The molecule has 0 radical (unpaired) electrons. The summed E-state index contributed by atoms with van der Waals surface area (Å²) in [5.41, 5.74) is 0. The van der Waals surface area contributed by atoms with Gasteiger partial charge in [0.25, 0.3) is 0 Å². The molecule has 2 rings (SSSR count). The summed E-state index contributed by atoms with van der Waals surface area (Å²) in [5, 5.41) is 3.36. The third-order valence-corrected chi connectivity index (χ3v) is 2.16. The number of hydrogen-bond acceptors (Lipinski definition) is 4. The molecule has 1 N–H and O–H groups in total. The highest BCUT2D eigenvalue weighted by atomic mass is 16.6. The molecule has 0 aromatic carbocycles. The normalized spacial score (nSPS) is 31.5. The van der Waals surface area contributed by atoms with E-state index in [2.05, 4.69) is 5.32 Å². The monoisotopic (exact) mass is 173 g/mol. The molecule has 0 aromatic heterocycles. The molecule has 2 aliphatic heterocycles. The molecule has 70 valence electrons. The Balaban J connectivity index is 1.58. The Hall–Kier alpha value is -0.160. The number of rotatable bonds is 3. The summed E-state index contributed by atoms with van der Waals surface area (Å²) in [6, 6.07) is 0.538. The first-order valence-corrected chi connectivity index (χ1v) is 4.45. The van der Waals surface area contributed by atoms with Gasteiger partial charge in [0.15, 0.2) is 0 Å². The lowest BCUT2D eigenvalue weighted by Crippen LogP contribution is -2.50. The van der Waals surface area contributed by atoms with Crippen LogP contribution in [0.3, 0.4) is 0 Å². The summed E-state index contributed by atoms with van der Waals surface area (Å²) in [6.07, 6.45) is 0.236. The van der Waals surface area contributed by atoms with Gasteiger partial charge in [-0.15, -0.1) is 0 Å². The molecule has 2 heterocycles. The molecule has 12 heavy (non-hydrogen) atoms. The van der Waals surface area contributed by atoms with Gasteiger partial charge in [-0.05, 0) is 0 Å². The first-order valence-electron chi connectivity index (χ1n) is 4.45. The zero-order valence-corrected chi connectivity index (χ0v) is 7.12. The number of nitrogens with one attached hydrogen (secondary N) is 1. The second-order valence-corrected chi connectivity index (χ2v) is 3.21. The van der Waals surface area contributed by atoms with E-state index in [0.717, 1.165) is 39.6 Å². The standard InChI is InChI=1S/C8H15NO3/c1-2-12-8(6-10-1)3-9-7-4-11-5-7/h7-9H,1-6H2. The van der Waals surface area contributed by atoms with Crippen LogP contribution in [0.15, 0.2) is 0 Å². The van der Waals surface area contributed by atoms with Crippen molar-refractivity contribution in [1.82, 2.24) is 5.32 Å². The second kappa shape index (κ2) is 4.18. The van der Waals surface area contributed by atoms with Crippen LogP contribution in [0.25, 0.3) is 0 Å². The van der Waals surface area contributed by atoms with E-state index in [4.69, 9.17) is 14.2 Å². The molecular weight excluding hydrogens is 158 g/mol. The summed E-state index contributed by atoms with van der Waals surface area (Å²) in [6.45, 7) is 4.76. The van der Waals surface area contributed by atoms with E-state index in [1.807, 2.05) is 0 Å². The van der Waals surface area contributed by atoms with E-state index >= 15 is 0 Å². The van der Waals surface area contributed by atoms with Crippen molar-refractivity contribution >= 4 is 0 Å². The van der Waals surface area contributed by atoms with Gasteiger partial charge in [-0.3, -0.25) is 0 Å². The van der Waals surface area contributed by atoms with Crippen molar-refractivity contribution in [1.29, 1.82) is 0 Å². The quantitative estimate of drug-likeness (QED) is 0.618. The van der Waals surface area contributed by atoms with Crippen molar-refractivity contribution in [2.24, 2.45) is 0 Å². The Morgan fingerprint density at radius 3 is 2.58 bits per heavy atom. The van der Waals surface area contributed by atoms with E-state index in [0.29, 0.717) is 6.04 Å². The van der Waals surface area contributed by atoms with Crippen molar-refractivity contribution < 1.29 is 14.2 Å². The van der Waals surface area contributed by atoms with Gasteiger partial charge < -0.3 is 19.5 Å². The largest absolute Gasteiger partial charge is 0.378 e. The number of hydrogen-bond donors (Lipinski definition) is 1. The predicted molar refractivity (Wildman–Crippen MR) is 43.2 cm³/mol. The maximum absolute atomic E-state index is 5.47. The van der Waals surface area contributed by atoms with Gasteiger partial charge in [0.05, 0.1) is 45.2 Å². The molecule has 0 aromatic rings. The average Bonchev–Trinajstić information content (AvgIpc) is 2.04. The Bertz CT molecular complexity index is 132. The molecule has 0 spiro atoms. The molecule has 1 unspecified atom stereocenters. The molecule has 0 amide bonds. The lowest BCUT2D eigenvalue weighted by Gasteiger charge is -2.30. The predicted octanol–water partition coefficient (Wildman–Crippen LogP) is -0.610. The van der Waals surface area contributed by atoms with Crippen molar-refractivity contribution in [3.05, 3.63) is 0 Å². The van der Waals surface area contributed by atoms with Gasteiger partial charge in [0.2, 0.25) is 0 Å². The molecule has 0 aliphatic carbocycles. The minimum atomic E-state index is 0.236. The maximum atomic E-state index is 5.47. The molecule has 0 saturated carbocycles. The van der Waals surface area contributed by atoms with Crippen LogP contribution in [0, 0.1) is 0 Å². The van der Waals surface area contributed by atoms with Crippen LogP contribution in [0.4, 0.5) is 0 Å². The first kappa shape index (κ1) is 8.44. The highest BCUT2D eigenvalue weighted by molar-refractivity contribution is 4.75. The third-order valence-electron chi connectivity index (χ3n) is 2.16. The summed E-state index contributed by atoms with van der Waals surface area (Å²) in [4.78, 5) is 0. The van der Waals surface area contributed by atoms with Gasteiger partial charge in [0, 0.05) is 6.54 Å². The van der Waals surface area contributed by atoms with Gasteiger partial charge >= 0.3 is 0 Å². The molecule has 2 saturated heterocycles. The highest BCUT2D eigenvalue weighted by Gasteiger charge is 2.20. The first-order chi connectivity index (χ1) is 5.95. The van der Waals surface area contributed by atoms with Crippen LogP contribution in [0.2, 0.25) is 0 Å². The molecular formula is C8H15NO3. The van der Waals surface area contributed by atoms with Crippen LogP contribution in [0.5, 0.6) is 0 Å². The van der Waals surface area contributed by atoms with Crippen molar-refractivity contribution in [2.45, 2.75) is 12.1 Å². The smallest absolute Gasteiger partial charge is 0.0933 e. The van der Waals surface area contributed by atoms with Crippen LogP contribution in [-0.2, 0) is 14.2 Å². The SMILES string of the molecule is C1COC(CNC2COC2)CO1. The Kier molecular flexibility index (Phi) is 2.94. The fourth-order valence-corrected chi connectivity index (χ4v) is 1.31. The van der Waals surface area contributed by atoms with E-state index in [1.54, 1.807) is 0 Å². The molecule has 2 fully saturated rings. The van der Waals surface area contributed by atoms with Crippen LogP contribution in [-0.4, -0.2) is 51.7 Å². The summed E-state index contributed by atoms with van der Waals surface area (Å²) >= 11 is 0. The Morgan fingerprint density at radius 2 is 2.00 bits per heavy atom. The van der Waals surface area contributed by atoms with Crippen molar-refractivity contribution in [2.75, 3.05) is 39.6 Å². The van der Waals surface area contributed by atoms with Crippen LogP contribution < -0.4 is 5.32 Å². The van der Waals surface area contributed by atoms with E-state index in [9.17, 15) is 0 Å². The Morgan fingerprint density at radius 1 is 1.08 bits per heavy atom. The van der Waals surface area contributed by atoms with Crippen molar-refractivity contribution in [3.63, 3.8) is 0 Å². The molecule has 1 atom stereocenters. The lowest BCUT2D eigenvalue weighted by molar-refractivity contribution is -0.0919. The van der Waals surface area contributed by atoms with Crippen LogP contribution in [0.1, 0.15) is 0 Å². The zero-order chi connectivity index (χ0) is 8.23. The third kappa shape index (κ3) is 2.17.